The summed E-state index contributed by atoms with van der Waals surface area (Å²) in [5.74, 6) is -0.503. The molecule has 0 radical (unpaired) electrons. The molecule has 1 aliphatic rings. The Labute approximate surface area is 123 Å². The Morgan fingerprint density at radius 2 is 2.33 bits per heavy atom. The van der Waals surface area contributed by atoms with Crippen molar-refractivity contribution in [1.82, 2.24) is 10.2 Å². The van der Waals surface area contributed by atoms with Crippen LogP contribution < -0.4 is 5.32 Å². The summed E-state index contributed by atoms with van der Waals surface area (Å²) in [7, 11) is 1.56. The predicted molar refractivity (Wildman–Crippen MR) is 78.2 cm³/mol. The summed E-state index contributed by atoms with van der Waals surface area (Å²) in [4.78, 5) is 24.7. The molecule has 0 spiro atoms. The van der Waals surface area contributed by atoms with E-state index in [0.29, 0.717) is 5.56 Å². The molecule has 0 aliphatic heterocycles. The molecule has 0 saturated heterocycles. The molecule has 0 unspecified atom stereocenters. The third-order valence-electron chi connectivity index (χ3n) is 3.66. The van der Waals surface area contributed by atoms with Crippen molar-refractivity contribution in [2.24, 2.45) is 0 Å². The van der Waals surface area contributed by atoms with E-state index in [9.17, 15) is 9.59 Å². The number of rotatable bonds is 4. The lowest BCUT2D eigenvalue weighted by atomic mass is 10.0. The van der Waals surface area contributed by atoms with Crippen LogP contribution in [0.25, 0.3) is 0 Å². The molecule has 1 aliphatic carbocycles. The minimum atomic E-state index is -0.288. The van der Waals surface area contributed by atoms with E-state index in [2.05, 4.69) is 18.0 Å². The summed E-state index contributed by atoms with van der Waals surface area (Å²) >= 11 is 0. The number of hydrogen-bond acceptors (Lipinski definition) is 3. The third-order valence-corrected chi connectivity index (χ3v) is 3.66. The summed E-state index contributed by atoms with van der Waals surface area (Å²) < 4.78 is 0. The standard InChI is InChI=1S/C16H17N3O2/c1-3-16(21)19(2)10-15(20)18-14-8-7-12-11(9-17)5-4-6-13(12)14/h3-6,14H,1,7-8,10H2,2H3,(H,18,20)/t14-/m1/s1. The Bertz CT molecular complexity index is 631. The van der Waals surface area contributed by atoms with Crippen molar-refractivity contribution in [3.05, 3.63) is 47.5 Å². The molecule has 108 valence electrons. The molecule has 5 heteroatoms. The number of nitriles is 1. The third kappa shape index (κ3) is 3.11. The lowest BCUT2D eigenvalue weighted by Crippen LogP contribution is -2.38. The Hall–Kier alpha value is -2.61. The summed E-state index contributed by atoms with van der Waals surface area (Å²) in [6.07, 6.45) is 2.74. The van der Waals surface area contributed by atoms with Crippen molar-refractivity contribution in [3.8, 4) is 6.07 Å². The van der Waals surface area contributed by atoms with Gasteiger partial charge in [0.25, 0.3) is 0 Å². The maximum absolute atomic E-state index is 12.0. The van der Waals surface area contributed by atoms with E-state index in [-0.39, 0.29) is 24.4 Å². The first-order valence-corrected chi connectivity index (χ1v) is 6.75. The van der Waals surface area contributed by atoms with Crippen molar-refractivity contribution >= 4 is 11.8 Å². The minimum Gasteiger partial charge on any atom is -0.348 e. The van der Waals surface area contributed by atoms with Gasteiger partial charge in [0.1, 0.15) is 0 Å². The van der Waals surface area contributed by atoms with E-state index >= 15 is 0 Å². The Morgan fingerprint density at radius 1 is 1.57 bits per heavy atom. The van der Waals surface area contributed by atoms with Crippen LogP contribution in [0.4, 0.5) is 0 Å². The van der Waals surface area contributed by atoms with E-state index in [0.717, 1.165) is 24.0 Å². The van der Waals surface area contributed by atoms with Crippen molar-refractivity contribution in [3.63, 3.8) is 0 Å². The van der Waals surface area contributed by atoms with Gasteiger partial charge in [0.2, 0.25) is 11.8 Å². The van der Waals surface area contributed by atoms with Crippen LogP contribution in [0.1, 0.15) is 29.2 Å². The number of carbonyl (C=O) groups is 2. The fourth-order valence-electron chi connectivity index (χ4n) is 2.60. The number of hydrogen-bond donors (Lipinski definition) is 1. The summed E-state index contributed by atoms with van der Waals surface area (Å²) in [6, 6.07) is 7.65. The van der Waals surface area contributed by atoms with Crippen molar-refractivity contribution in [2.45, 2.75) is 18.9 Å². The van der Waals surface area contributed by atoms with Gasteiger partial charge < -0.3 is 10.2 Å². The smallest absolute Gasteiger partial charge is 0.246 e. The van der Waals surface area contributed by atoms with Gasteiger partial charge >= 0.3 is 0 Å². The number of carbonyl (C=O) groups excluding carboxylic acids is 2. The van der Waals surface area contributed by atoms with Gasteiger partial charge in [-0.15, -0.1) is 0 Å². The van der Waals surface area contributed by atoms with Crippen LogP contribution in [0.15, 0.2) is 30.9 Å². The molecule has 0 bridgehead atoms. The monoisotopic (exact) mass is 283 g/mol. The lowest BCUT2D eigenvalue weighted by molar-refractivity contribution is -0.131. The Kier molecular flexibility index (Phi) is 4.39. The van der Waals surface area contributed by atoms with Gasteiger partial charge in [-0.25, -0.2) is 0 Å². The van der Waals surface area contributed by atoms with Crippen molar-refractivity contribution < 1.29 is 9.59 Å². The van der Waals surface area contributed by atoms with E-state index in [1.54, 1.807) is 13.1 Å². The molecule has 1 atom stereocenters. The Balaban J connectivity index is 2.04. The fourth-order valence-corrected chi connectivity index (χ4v) is 2.60. The second-order valence-corrected chi connectivity index (χ2v) is 5.04. The second-order valence-electron chi connectivity index (χ2n) is 5.04. The maximum atomic E-state index is 12.0. The topological polar surface area (TPSA) is 73.2 Å². The van der Waals surface area contributed by atoms with Crippen molar-refractivity contribution in [1.29, 1.82) is 5.26 Å². The van der Waals surface area contributed by atoms with Gasteiger partial charge in [-0.05, 0) is 36.1 Å². The SMILES string of the molecule is C=CC(=O)N(C)CC(=O)N[C@@H]1CCc2c(C#N)cccc21. The molecular weight excluding hydrogens is 266 g/mol. The zero-order valence-corrected chi connectivity index (χ0v) is 11.9. The number of nitrogens with one attached hydrogen (secondary N) is 1. The molecule has 1 aromatic rings. The van der Waals surface area contributed by atoms with Crippen LogP contribution in [0.2, 0.25) is 0 Å². The zero-order chi connectivity index (χ0) is 15.4. The molecule has 5 nitrogen and oxygen atoms in total. The average molecular weight is 283 g/mol. The van der Waals surface area contributed by atoms with Crippen LogP contribution >= 0.6 is 0 Å². The van der Waals surface area contributed by atoms with Gasteiger partial charge in [-0.2, -0.15) is 5.26 Å². The first-order valence-electron chi connectivity index (χ1n) is 6.75. The molecule has 2 amide bonds. The molecule has 21 heavy (non-hydrogen) atoms. The largest absolute Gasteiger partial charge is 0.348 e. The Morgan fingerprint density at radius 3 is 3.00 bits per heavy atom. The normalized spacial score (nSPS) is 15.7. The highest BCUT2D eigenvalue weighted by molar-refractivity contribution is 5.90. The molecule has 0 saturated carbocycles. The second kappa shape index (κ2) is 6.23. The molecule has 0 aromatic heterocycles. The van der Waals surface area contributed by atoms with E-state index in [1.165, 1.54) is 11.0 Å². The summed E-state index contributed by atoms with van der Waals surface area (Å²) in [5, 5.41) is 12.0. The first-order chi connectivity index (χ1) is 10.1. The number of amides is 2. The van der Waals surface area contributed by atoms with Gasteiger partial charge in [-0.3, -0.25) is 9.59 Å². The number of benzene rings is 1. The van der Waals surface area contributed by atoms with Crippen LogP contribution in [0.3, 0.4) is 0 Å². The minimum absolute atomic E-state index is 0.00533. The first kappa shape index (κ1) is 14.8. The molecule has 1 aromatic carbocycles. The van der Waals surface area contributed by atoms with E-state index in [4.69, 9.17) is 5.26 Å². The summed E-state index contributed by atoms with van der Waals surface area (Å²) in [5.41, 5.74) is 2.68. The van der Waals surface area contributed by atoms with Gasteiger partial charge in [0.05, 0.1) is 24.2 Å². The molecular formula is C16H17N3O2. The number of nitrogens with zero attached hydrogens (tertiary/aromatic N) is 2. The number of fused-ring (bicyclic) bond motifs is 1. The highest BCUT2D eigenvalue weighted by Gasteiger charge is 2.26. The average Bonchev–Trinajstić information content (AvgIpc) is 2.89. The highest BCUT2D eigenvalue weighted by atomic mass is 16.2. The van der Waals surface area contributed by atoms with Crippen LogP contribution in [-0.4, -0.2) is 30.3 Å². The van der Waals surface area contributed by atoms with E-state index in [1.807, 2.05) is 12.1 Å². The number of likely N-dealkylation sites (N-methyl/N-ethyl adjacent to an activating group) is 1. The van der Waals surface area contributed by atoms with Gasteiger partial charge in [0, 0.05) is 7.05 Å². The van der Waals surface area contributed by atoms with Crippen LogP contribution in [-0.2, 0) is 16.0 Å². The van der Waals surface area contributed by atoms with Gasteiger partial charge in [0.15, 0.2) is 0 Å². The van der Waals surface area contributed by atoms with Crippen molar-refractivity contribution in [2.75, 3.05) is 13.6 Å². The van der Waals surface area contributed by atoms with E-state index < -0.39 is 0 Å². The highest BCUT2D eigenvalue weighted by Crippen LogP contribution is 2.32. The molecule has 0 fully saturated rings. The van der Waals surface area contributed by atoms with Gasteiger partial charge in [-0.1, -0.05) is 18.7 Å². The fraction of sp³-hybridized carbons (Fsp3) is 0.312. The predicted octanol–water partition coefficient (Wildman–Crippen LogP) is 1.31. The summed E-state index contributed by atoms with van der Waals surface area (Å²) in [6.45, 7) is 3.38. The van der Waals surface area contributed by atoms with Crippen LogP contribution in [0.5, 0.6) is 0 Å². The maximum Gasteiger partial charge on any atom is 0.246 e. The van der Waals surface area contributed by atoms with Crippen LogP contribution in [0, 0.1) is 11.3 Å². The molecule has 2 rings (SSSR count). The lowest BCUT2D eigenvalue weighted by Gasteiger charge is -2.18. The quantitative estimate of drug-likeness (QED) is 0.847. The molecule has 1 N–H and O–H groups in total. The zero-order valence-electron chi connectivity index (χ0n) is 11.9. The molecule has 0 heterocycles.